The normalized spacial score (nSPS) is 24.6. The maximum Gasteiger partial charge on any atom is 0.224 e. The molecule has 2 saturated carbocycles. The van der Waals surface area contributed by atoms with Gasteiger partial charge in [0.1, 0.15) is 0 Å². The zero-order valence-corrected chi connectivity index (χ0v) is 36.2. The number of Topliss-reactive ketones (excluding diaryl/α,β-unsaturated/α-hetero) is 2. The van der Waals surface area contributed by atoms with Crippen LogP contribution in [0.1, 0.15) is 133 Å². The van der Waals surface area contributed by atoms with Crippen molar-refractivity contribution in [1.29, 1.82) is 0 Å². The molecule has 4 aliphatic carbocycles. The van der Waals surface area contributed by atoms with Crippen molar-refractivity contribution < 1.29 is 14.4 Å². The van der Waals surface area contributed by atoms with Crippen LogP contribution < -0.4 is 27.0 Å². The van der Waals surface area contributed by atoms with Gasteiger partial charge in [-0.15, -0.1) is 0 Å². The fourth-order valence-electron chi connectivity index (χ4n) is 9.34. The second-order valence-corrected chi connectivity index (χ2v) is 18.6. The Bertz CT molecular complexity index is 1470. The van der Waals surface area contributed by atoms with Crippen molar-refractivity contribution in [1.82, 2.24) is 21.3 Å². The first kappa shape index (κ1) is 45.8. The predicted octanol–water partition coefficient (Wildman–Crippen LogP) is 8.79. The Kier molecular flexibility index (Phi) is 16.7. The number of nitrogens with one attached hydrogen (secondary N) is 4. The van der Waals surface area contributed by atoms with Crippen LogP contribution in [0.5, 0.6) is 0 Å². The Labute approximate surface area is 334 Å². The van der Waals surface area contributed by atoms with Gasteiger partial charge in [-0.3, -0.25) is 14.4 Å². The van der Waals surface area contributed by atoms with Gasteiger partial charge >= 0.3 is 0 Å². The van der Waals surface area contributed by atoms with E-state index in [1.54, 1.807) is 0 Å². The van der Waals surface area contributed by atoms with Crippen LogP contribution in [0.25, 0.3) is 0 Å². The zero-order valence-electron chi connectivity index (χ0n) is 36.2. The summed E-state index contributed by atoms with van der Waals surface area (Å²) in [7, 11) is 0. The van der Waals surface area contributed by atoms with E-state index in [0.717, 1.165) is 57.1 Å². The van der Waals surface area contributed by atoms with Gasteiger partial charge in [0.2, 0.25) is 5.91 Å². The fraction of sp³-hybridized carbons (Fsp3) is 0.681. The smallest absolute Gasteiger partial charge is 0.224 e. The number of rotatable bonds is 21. The third-order valence-electron chi connectivity index (χ3n) is 12.4. The molecule has 0 aliphatic heterocycles. The summed E-state index contributed by atoms with van der Waals surface area (Å²) in [4.78, 5) is 42.5. The molecular weight excluding hydrogens is 683 g/mol. The van der Waals surface area contributed by atoms with Gasteiger partial charge < -0.3 is 27.0 Å². The highest BCUT2D eigenvalue weighted by Crippen LogP contribution is 2.64. The number of ketones is 2. The fourth-order valence-corrected chi connectivity index (χ4v) is 9.34. The summed E-state index contributed by atoms with van der Waals surface area (Å²) < 4.78 is 0. The van der Waals surface area contributed by atoms with E-state index in [4.69, 9.17) is 5.73 Å². The molecule has 0 aromatic rings. The molecule has 0 spiro atoms. The van der Waals surface area contributed by atoms with E-state index in [2.05, 4.69) is 127 Å². The van der Waals surface area contributed by atoms with Crippen LogP contribution in [0.2, 0.25) is 0 Å². The second kappa shape index (κ2) is 20.0. The molecule has 8 atom stereocenters. The van der Waals surface area contributed by atoms with Gasteiger partial charge in [-0.1, -0.05) is 130 Å². The van der Waals surface area contributed by atoms with Crippen molar-refractivity contribution in [3.05, 3.63) is 72.9 Å². The number of nitrogens with two attached hydrogens (primary N) is 1. The molecule has 8 nitrogen and oxygen atoms in total. The van der Waals surface area contributed by atoms with E-state index in [1.807, 2.05) is 13.8 Å². The molecule has 0 aromatic heterocycles. The van der Waals surface area contributed by atoms with Crippen LogP contribution in [0.3, 0.4) is 0 Å². The Morgan fingerprint density at radius 3 is 2.24 bits per heavy atom. The third-order valence-corrected chi connectivity index (χ3v) is 12.4. The molecule has 2 fully saturated rings. The molecule has 308 valence electrons. The number of hydrogen-bond acceptors (Lipinski definition) is 7. The van der Waals surface area contributed by atoms with Crippen LogP contribution in [0, 0.1) is 46.8 Å². The van der Waals surface area contributed by atoms with Crippen LogP contribution in [-0.4, -0.2) is 41.1 Å². The lowest BCUT2D eigenvalue weighted by molar-refractivity contribution is -0.134. The van der Waals surface area contributed by atoms with Gasteiger partial charge in [0.05, 0.1) is 23.6 Å². The van der Waals surface area contributed by atoms with Gasteiger partial charge in [-0.2, -0.15) is 0 Å². The molecule has 55 heavy (non-hydrogen) atoms. The van der Waals surface area contributed by atoms with Crippen molar-refractivity contribution in [2.45, 2.75) is 157 Å². The number of allylic oxidation sites excluding steroid dienone is 7. The topological polar surface area (TPSA) is 125 Å². The maximum absolute atomic E-state index is 14.9. The van der Waals surface area contributed by atoms with E-state index < -0.39 is 18.0 Å². The molecule has 4 rings (SSSR count). The summed E-state index contributed by atoms with van der Waals surface area (Å²) >= 11 is 0. The first-order valence-corrected chi connectivity index (χ1v) is 21.4. The van der Waals surface area contributed by atoms with Gasteiger partial charge in [0, 0.05) is 29.6 Å². The minimum Gasteiger partial charge on any atom is -0.396 e. The summed E-state index contributed by atoms with van der Waals surface area (Å²) in [5.74, 6) is 0.805. The molecule has 0 heterocycles. The lowest BCUT2D eigenvalue weighted by Gasteiger charge is -2.35. The van der Waals surface area contributed by atoms with Crippen molar-refractivity contribution in [3.63, 3.8) is 0 Å². The van der Waals surface area contributed by atoms with E-state index in [1.165, 1.54) is 5.57 Å². The number of fused-ring (bicyclic) bond motifs is 1. The Morgan fingerprint density at radius 2 is 1.69 bits per heavy atom. The van der Waals surface area contributed by atoms with Gasteiger partial charge in [-0.05, 0) is 93.8 Å². The van der Waals surface area contributed by atoms with Crippen molar-refractivity contribution in [2.75, 3.05) is 0 Å². The van der Waals surface area contributed by atoms with Crippen LogP contribution >= 0.6 is 0 Å². The van der Waals surface area contributed by atoms with E-state index in [-0.39, 0.29) is 64.3 Å². The highest BCUT2D eigenvalue weighted by atomic mass is 16.2. The number of carbonyl (C=O) groups excluding carboxylic acids is 3. The predicted molar refractivity (Wildman–Crippen MR) is 229 cm³/mol. The minimum absolute atomic E-state index is 0.0109. The second-order valence-electron chi connectivity index (χ2n) is 18.6. The lowest BCUT2D eigenvalue weighted by atomic mass is 9.76. The van der Waals surface area contributed by atoms with Crippen LogP contribution in [-0.2, 0) is 14.4 Å². The number of hydrogen-bond donors (Lipinski definition) is 5. The monoisotopic (exact) mass is 760 g/mol. The highest BCUT2D eigenvalue weighted by Gasteiger charge is 2.61. The number of carbonyl (C=O) groups is 3. The number of amides is 1. The summed E-state index contributed by atoms with van der Waals surface area (Å²) in [6, 6.07) is -1.15. The van der Waals surface area contributed by atoms with Crippen molar-refractivity contribution in [3.8, 4) is 0 Å². The standard InChI is InChI=1S/C45H71N5O3.C2H6/c1-12-36-40(45(36,10)11)35(43(53)49-38(42(52)29(5)46)25-31-18-15-19-31)26-39(51)41(34-23-32-16-13-14-17-33(22-32)24-34)48-30(6)47-37(27(2)3)21-20-28(4)50-44(7,8)9;1-2/h13-14,16-17,22,27,31-32,34-38,40-41,47-48,50H,4-6,12,15,18-21,23-26,46H2,1-3,7-11H3,(H,49,53);1-2H3/t32?,34?,35?,36-,37?,38?,40+,41?;/m0./s1. The quantitative estimate of drug-likeness (QED) is 0.0741. The highest BCUT2D eigenvalue weighted by molar-refractivity contribution is 6.01. The van der Waals surface area contributed by atoms with Gasteiger partial charge in [0.25, 0.3) is 0 Å². The third kappa shape index (κ3) is 13.0. The molecule has 8 heteroatoms. The van der Waals surface area contributed by atoms with E-state index >= 15 is 0 Å². The summed E-state index contributed by atoms with van der Waals surface area (Å²) in [6.45, 7) is 33.7. The lowest BCUT2D eigenvalue weighted by Crippen LogP contribution is -2.51. The molecule has 1 amide bonds. The molecule has 0 aromatic carbocycles. The van der Waals surface area contributed by atoms with Crippen LogP contribution in [0.4, 0.5) is 0 Å². The zero-order chi connectivity index (χ0) is 41.2. The van der Waals surface area contributed by atoms with Crippen LogP contribution in [0.15, 0.2) is 72.9 Å². The first-order valence-electron chi connectivity index (χ1n) is 21.4. The molecule has 2 bridgehead atoms. The molecule has 0 saturated heterocycles. The Hall–Kier alpha value is -3.55. The Balaban J connectivity index is 0.00000399. The summed E-state index contributed by atoms with van der Waals surface area (Å²) in [5, 5.41) is 13.8. The molecule has 6 unspecified atom stereocenters. The molecule has 4 aliphatic rings. The average Bonchev–Trinajstić information content (AvgIpc) is 3.70. The largest absolute Gasteiger partial charge is 0.396 e. The van der Waals surface area contributed by atoms with Gasteiger partial charge in [-0.25, -0.2) is 0 Å². The molecule has 0 radical (unpaired) electrons. The Morgan fingerprint density at radius 1 is 1.02 bits per heavy atom. The molecule has 6 N–H and O–H groups in total. The van der Waals surface area contributed by atoms with Gasteiger partial charge in [0.15, 0.2) is 11.6 Å². The summed E-state index contributed by atoms with van der Waals surface area (Å²) in [5.41, 5.74) is 7.94. The van der Waals surface area contributed by atoms with Crippen molar-refractivity contribution >= 4 is 17.5 Å². The molecular formula is C47H77N5O3. The SMILES string of the molecule is C=C(CCC(NC(=C)NC(C(=O)CC(C(=O)NC(CC1CCC1)C(=O)C(=C)N)[C@@H]1[C@H](CC)C1(C)C)C1CC2=CC(C=CC=C2)C1)C(C)C)NC(C)(C)C.CC. The first-order chi connectivity index (χ1) is 25.8. The maximum atomic E-state index is 14.9. The summed E-state index contributed by atoms with van der Waals surface area (Å²) in [6.07, 6.45) is 18.9. The van der Waals surface area contributed by atoms with E-state index in [9.17, 15) is 14.4 Å². The van der Waals surface area contributed by atoms with E-state index in [0.29, 0.717) is 30.0 Å². The minimum atomic E-state index is -0.725. The van der Waals surface area contributed by atoms with Crippen molar-refractivity contribution in [2.24, 2.45) is 52.6 Å². The average molecular weight is 760 g/mol.